The number of aliphatic hydroxyl groups excluding tert-OH is 1. The van der Waals surface area contributed by atoms with Crippen molar-refractivity contribution in [3.8, 4) is 11.1 Å². The van der Waals surface area contributed by atoms with Gasteiger partial charge in [0.05, 0.1) is 6.61 Å². The largest absolute Gasteiger partial charge is 0.462 e. The van der Waals surface area contributed by atoms with Crippen molar-refractivity contribution in [2.45, 2.75) is 84.0 Å². The first-order chi connectivity index (χ1) is 16.0. The molecular weight excluding hydrogens is 408 g/mol. The summed E-state index contributed by atoms with van der Waals surface area (Å²) in [7, 11) is 0. The number of hydrogen-bond acceptors (Lipinski definition) is 3. The van der Waals surface area contributed by atoms with Crippen molar-refractivity contribution in [1.82, 2.24) is 0 Å². The van der Waals surface area contributed by atoms with Crippen LogP contribution >= 0.6 is 0 Å². The smallest absolute Gasteiger partial charge is 0.333 e. The molecule has 3 nitrogen and oxygen atoms in total. The van der Waals surface area contributed by atoms with Gasteiger partial charge in [0.2, 0.25) is 0 Å². The number of carbonyl (C=O) groups excluding carboxylic acids is 1. The van der Waals surface area contributed by atoms with Crippen LogP contribution in [-0.4, -0.2) is 24.3 Å². The van der Waals surface area contributed by atoms with E-state index >= 15 is 0 Å². The average Bonchev–Trinajstić information content (AvgIpc) is 2.85. The van der Waals surface area contributed by atoms with Gasteiger partial charge in [-0.1, -0.05) is 69.2 Å². The Morgan fingerprint density at radius 2 is 1.76 bits per heavy atom. The molecule has 0 unspecified atom stereocenters. The van der Waals surface area contributed by atoms with Crippen LogP contribution in [0.25, 0.3) is 11.1 Å². The predicted molar refractivity (Wildman–Crippen MR) is 137 cm³/mol. The Kier molecular flexibility index (Phi) is 9.75. The minimum atomic E-state index is -0.324. The Bertz CT molecular complexity index is 938. The van der Waals surface area contributed by atoms with Crippen LogP contribution in [0.3, 0.4) is 0 Å². The number of aryl methyl sites for hydroxylation is 3. The molecule has 1 saturated carbocycles. The molecule has 0 aliphatic heterocycles. The van der Waals surface area contributed by atoms with E-state index in [0.717, 1.165) is 38.0 Å². The number of carbonyl (C=O) groups is 1. The molecule has 0 heterocycles. The zero-order valence-electron chi connectivity index (χ0n) is 20.5. The predicted octanol–water partition coefficient (Wildman–Crippen LogP) is 6.94. The first-order valence-electron chi connectivity index (χ1n) is 12.7. The Hall–Kier alpha value is -2.39. The molecule has 0 radical (unpaired) electrons. The molecule has 1 N–H and O–H groups in total. The fraction of sp³-hybridized carbons (Fsp3) is 0.500. The zero-order chi connectivity index (χ0) is 23.6. The van der Waals surface area contributed by atoms with Gasteiger partial charge in [-0.25, -0.2) is 4.79 Å². The van der Waals surface area contributed by atoms with Gasteiger partial charge in [0, 0.05) is 12.2 Å². The molecule has 1 fully saturated rings. The Morgan fingerprint density at radius 3 is 2.45 bits per heavy atom. The quantitative estimate of drug-likeness (QED) is 0.230. The van der Waals surface area contributed by atoms with Crippen molar-refractivity contribution in [3.05, 3.63) is 70.8 Å². The summed E-state index contributed by atoms with van der Waals surface area (Å²) in [5.41, 5.74) is 8.49. The summed E-state index contributed by atoms with van der Waals surface area (Å²) in [4.78, 5) is 11.7. The van der Waals surface area contributed by atoms with Crippen molar-refractivity contribution in [3.63, 3.8) is 0 Å². The van der Waals surface area contributed by atoms with Crippen LogP contribution in [0.4, 0.5) is 0 Å². The summed E-state index contributed by atoms with van der Waals surface area (Å²) >= 11 is 0. The standard InChI is InChI=1S/C30H40O3/c1-4-23-20-27(24-10-6-5-7-11-24)16-17-29(23)28-15-14-25(12-8-18-31)26(21-28)13-9-19-33-30(32)22(2)3/h14-17,20-21,24,31H,2,4-13,18-19H2,1,3H3. The van der Waals surface area contributed by atoms with Gasteiger partial charge >= 0.3 is 5.97 Å². The summed E-state index contributed by atoms with van der Waals surface area (Å²) in [5, 5.41) is 9.31. The highest BCUT2D eigenvalue weighted by molar-refractivity contribution is 5.86. The molecule has 0 amide bonds. The van der Waals surface area contributed by atoms with Crippen LogP contribution in [0.1, 0.15) is 87.0 Å². The van der Waals surface area contributed by atoms with E-state index < -0.39 is 0 Å². The molecule has 2 aromatic carbocycles. The minimum Gasteiger partial charge on any atom is -0.462 e. The fourth-order valence-electron chi connectivity index (χ4n) is 4.97. The summed E-state index contributed by atoms with van der Waals surface area (Å²) in [6.45, 7) is 8.14. The van der Waals surface area contributed by atoms with Crippen molar-refractivity contribution in [1.29, 1.82) is 0 Å². The summed E-state index contributed by atoms with van der Waals surface area (Å²) in [6, 6.07) is 13.9. The summed E-state index contributed by atoms with van der Waals surface area (Å²) in [5.74, 6) is 0.395. The van der Waals surface area contributed by atoms with E-state index in [2.05, 4.69) is 49.9 Å². The lowest BCUT2D eigenvalue weighted by molar-refractivity contribution is -0.139. The lowest BCUT2D eigenvalue weighted by Crippen LogP contribution is -2.07. The molecule has 1 aliphatic rings. The van der Waals surface area contributed by atoms with Crippen molar-refractivity contribution >= 4 is 5.97 Å². The molecule has 0 spiro atoms. The molecule has 0 aromatic heterocycles. The Morgan fingerprint density at radius 1 is 1.00 bits per heavy atom. The van der Waals surface area contributed by atoms with Crippen molar-refractivity contribution in [2.75, 3.05) is 13.2 Å². The normalized spacial score (nSPS) is 14.3. The van der Waals surface area contributed by atoms with Crippen LogP contribution < -0.4 is 0 Å². The van der Waals surface area contributed by atoms with Crippen LogP contribution in [0.15, 0.2) is 48.6 Å². The maximum absolute atomic E-state index is 11.7. The second kappa shape index (κ2) is 12.7. The van der Waals surface area contributed by atoms with Gasteiger partial charge in [-0.2, -0.15) is 0 Å². The number of ether oxygens (including phenoxy) is 1. The topological polar surface area (TPSA) is 46.5 Å². The average molecular weight is 449 g/mol. The third-order valence-electron chi connectivity index (χ3n) is 6.88. The fourth-order valence-corrected chi connectivity index (χ4v) is 4.97. The SMILES string of the molecule is C=C(C)C(=O)OCCCc1cc(-c2ccc(C3CCCCC3)cc2CC)ccc1CCCO. The van der Waals surface area contributed by atoms with E-state index in [1.54, 1.807) is 6.92 Å². The van der Waals surface area contributed by atoms with E-state index in [1.807, 2.05) is 0 Å². The summed E-state index contributed by atoms with van der Waals surface area (Å²) < 4.78 is 5.29. The lowest BCUT2D eigenvalue weighted by Gasteiger charge is -2.23. The summed E-state index contributed by atoms with van der Waals surface area (Å²) in [6.07, 6.45) is 11.0. The number of esters is 1. The number of aliphatic hydroxyl groups is 1. The van der Waals surface area contributed by atoms with Gasteiger partial charge in [-0.15, -0.1) is 0 Å². The maximum Gasteiger partial charge on any atom is 0.333 e. The van der Waals surface area contributed by atoms with Gasteiger partial charge < -0.3 is 9.84 Å². The van der Waals surface area contributed by atoms with Gasteiger partial charge in [-0.3, -0.25) is 0 Å². The van der Waals surface area contributed by atoms with E-state index in [1.165, 1.54) is 65.5 Å². The van der Waals surface area contributed by atoms with Gasteiger partial charge in [0.15, 0.2) is 0 Å². The molecule has 33 heavy (non-hydrogen) atoms. The molecule has 3 rings (SSSR count). The Labute approximate surface area is 199 Å². The molecule has 2 aromatic rings. The van der Waals surface area contributed by atoms with Crippen LogP contribution in [0.2, 0.25) is 0 Å². The molecule has 3 heteroatoms. The number of hydrogen-bond donors (Lipinski definition) is 1. The molecule has 0 bridgehead atoms. The minimum absolute atomic E-state index is 0.194. The monoisotopic (exact) mass is 448 g/mol. The van der Waals surface area contributed by atoms with E-state index in [-0.39, 0.29) is 12.6 Å². The van der Waals surface area contributed by atoms with Crippen molar-refractivity contribution < 1.29 is 14.6 Å². The highest BCUT2D eigenvalue weighted by Crippen LogP contribution is 2.36. The third kappa shape index (κ3) is 7.04. The molecular formula is C30H40O3. The highest BCUT2D eigenvalue weighted by Gasteiger charge is 2.17. The van der Waals surface area contributed by atoms with Crippen LogP contribution in [0.5, 0.6) is 0 Å². The molecule has 178 valence electrons. The van der Waals surface area contributed by atoms with Crippen LogP contribution in [0, 0.1) is 0 Å². The van der Waals surface area contributed by atoms with E-state index in [4.69, 9.17) is 4.74 Å². The first-order valence-corrected chi connectivity index (χ1v) is 12.7. The Balaban J connectivity index is 1.80. The molecule has 0 saturated heterocycles. The molecule has 1 aliphatic carbocycles. The first kappa shape index (κ1) is 25.2. The number of rotatable bonds is 11. The van der Waals surface area contributed by atoms with Gasteiger partial charge in [0.25, 0.3) is 0 Å². The van der Waals surface area contributed by atoms with Crippen LogP contribution in [-0.2, 0) is 28.8 Å². The zero-order valence-corrected chi connectivity index (χ0v) is 20.5. The van der Waals surface area contributed by atoms with E-state index in [9.17, 15) is 9.90 Å². The maximum atomic E-state index is 11.7. The number of benzene rings is 2. The van der Waals surface area contributed by atoms with E-state index in [0.29, 0.717) is 12.2 Å². The second-order valence-corrected chi connectivity index (χ2v) is 9.44. The van der Waals surface area contributed by atoms with Crippen molar-refractivity contribution in [2.24, 2.45) is 0 Å². The second-order valence-electron chi connectivity index (χ2n) is 9.44. The lowest BCUT2D eigenvalue weighted by atomic mass is 9.82. The third-order valence-corrected chi connectivity index (χ3v) is 6.88. The highest BCUT2D eigenvalue weighted by atomic mass is 16.5. The molecule has 0 atom stereocenters. The van der Waals surface area contributed by atoms with Gasteiger partial charge in [0.1, 0.15) is 0 Å². The van der Waals surface area contributed by atoms with Gasteiger partial charge in [-0.05, 0) is 91.2 Å².